The molecule has 1 aromatic carbocycles. The van der Waals surface area contributed by atoms with Gasteiger partial charge in [-0.05, 0) is 42.4 Å². The second kappa shape index (κ2) is 6.24. The molecular formula is C16H26O2. The van der Waals surface area contributed by atoms with Crippen molar-refractivity contribution in [1.82, 2.24) is 0 Å². The Morgan fingerprint density at radius 2 is 1.94 bits per heavy atom. The molecule has 18 heavy (non-hydrogen) atoms. The van der Waals surface area contributed by atoms with Crippen LogP contribution in [0.15, 0.2) is 24.3 Å². The minimum atomic E-state index is -0.417. The van der Waals surface area contributed by atoms with Crippen LogP contribution in [0.1, 0.15) is 52.7 Å². The molecule has 0 bridgehead atoms. The summed E-state index contributed by atoms with van der Waals surface area (Å²) >= 11 is 0. The van der Waals surface area contributed by atoms with Gasteiger partial charge in [0, 0.05) is 0 Å². The van der Waals surface area contributed by atoms with Gasteiger partial charge in [-0.3, -0.25) is 0 Å². The highest BCUT2D eigenvalue weighted by Gasteiger charge is 2.23. The minimum absolute atomic E-state index is 0.221. The quantitative estimate of drug-likeness (QED) is 0.849. The first-order chi connectivity index (χ1) is 8.34. The molecule has 2 heteroatoms. The van der Waals surface area contributed by atoms with Crippen LogP contribution in [0.25, 0.3) is 0 Å². The molecule has 1 rings (SSSR count). The van der Waals surface area contributed by atoms with Crippen LogP contribution >= 0.6 is 0 Å². The van der Waals surface area contributed by atoms with Gasteiger partial charge < -0.3 is 9.84 Å². The van der Waals surface area contributed by atoms with Gasteiger partial charge in [0.25, 0.3) is 0 Å². The minimum Gasteiger partial charge on any atom is -0.494 e. The van der Waals surface area contributed by atoms with Crippen molar-refractivity contribution in [2.45, 2.75) is 47.1 Å². The predicted molar refractivity (Wildman–Crippen MR) is 75.8 cm³/mol. The van der Waals surface area contributed by atoms with E-state index >= 15 is 0 Å². The lowest BCUT2D eigenvalue weighted by molar-refractivity contribution is 0.110. The zero-order valence-corrected chi connectivity index (χ0v) is 12.2. The highest BCUT2D eigenvalue weighted by atomic mass is 16.5. The molecule has 2 unspecified atom stereocenters. The van der Waals surface area contributed by atoms with Crippen molar-refractivity contribution in [2.24, 2.45) is 11.3 Å². The first kappa shape index (κ1) is 15.0. The van der Waals surface area contributed by atoms with E-state index in [1.54, 1.807) is 0 Å². The number of benzene rings is 1. The van der Waals surface area contributed by atoms with Gasteiger partial charge in [-0.1, -0.05) is 39.8 Å². The molecule has 2 nitrogen and oxygen atoms in total. The third-order valence-corrected chi connectivity index (χ3v) is 3.61. The van der Waals surface area contributed by atoms with Crippen molar-refractivity contribution in [3.8, 4) is 5.75 Å². The summed E-state index contributed by atoms with van der Waals surface area (Å²) < 4.78 is 5.46. The number of hydrogen-bond donors (Lipinski definition) is 1. The molecule has 0 saturated heterocycles. The van der Waals surface area contributed by atoms with Crippen molar-refractivity contribution in [3.05, 3.63) is 29.8 Å². The van der Waals surface area contributed by atoms with Gasteiger partial charge in [-0.25, -0.2) is 0 Å². The Hall–Kier alpha value is -1.02. The van der Waals surface area contributed by atoms with Crippen LogP contribution in [0.5, 0.6) is 5.75 Å². The lowest BCUT2D eigenvalue weighted by atomic mass is 9.78. The largest absolute Gasteiger partial charge is 0.494 e. The average Bonchev–Trinajstić information content (AvgIpc) is 2.28. The van der Waals surface area contributed by atoms with Crippen LogP contribution in [0, 0.1) is 11.3 Å². The monoisotopic (exact) mass is 250 g/mol. The molecule has 0 amide bonds. The molecule has 0 aromatic heterocycles. The summed E-state index contributed by atoms with van der Waals surface area (Å²) in [5, 5.41) is 10.3. The molecule has 1 N–H and O–H groups in total. The summed E-state index contributed by atoms with van der Waals surface area (Å²) in [6.07, 6.45) is 0.360. The molecular weight excluding hydrogens is 224 g/mol. The van der Waals surface area contributed by atoms with Gasteiger partial charge in [-0.2, -0.15) is 0 Å². The van der Waals surface area contributed by atoms with Crippen molar-refractivity contribution in [2.75, 3.05) is 6.61 Å². The second-order valence-electron chi connectivity index (χ2n) is 6.02. The Morgan fingerprint density at radius 1 is 1.28 bits per heavy atom. The number of aliphatic hydroxyl groups excluding tert-OH is 1. The van der Waals surface area contributed by atoms with Crippen LogP contribution in [-0.2, 0) is 0 Å². The lowest BCUT2D eigenvalue weighted by Gasteiger charge is -2.29. The fraction of sp³-hybridized carbons (Fsp3) is 0.625. The second-order valence-corrected chi connectivity index (χ2v) is 6.02. The highest BCUT2D eigenvalue weighted by Crippen LogP contribution is 2.33. The summed E-state index contributed by atoms with van der Waals surface area (Å²) in [6, 6.07) is 7.75. The van der Waals surface area contributed by atoms with E-state index in [4.69, 9.17) is 4.74 Å². The van der Waals surface area contributed by atoms with E-state index in [0.29, 0.717) is 12.5 Å². The summed E-state index contributed by atoms with van der Waals surface area (Å²) in [6.45, 7) is 11.4. The van der Waals surface area contributed by atoms with Gasteiger partial charge in [0.15, 0.2) is 0 Å². The Morgan fingerprint density at radius 3 is 2.50 bits per heavy atom. The molecule has 2 atom stereocenters. The van der Waals surface area contributed by atoms with E-state index in [1.165, 1.54) is 0 Å². The Kier molecular flexibility index (Phi) is 5.21. The summed E-state index contributed by atoms with van der Waals surface area (Å²) in [4.78, 5) is 0. The third-order valence-electron chi connectivity index (χ3n) is 3.61. The summed E-state index contributed by atoms with van der Waals surface area (Å²) in [5.41, 5.74) is 1.16. The molecule has 0 radical (unpaired) electrons. The topological polar surface area (TPSA) is 29.5 Å². The van der Waals surface area contributed by atoms with Gasteiger partial charge in [-0.15, -0.1) is 0 Å². The molecule has 102 valence electrons. The predicted octanol–water partition coefficient (Wildman–Crippen LogP) is 4.19. The first-order valence-corrected chi connectivity index (χ1v) is 6.75. The molecule has 0 fully saturated rings. The molecule has 0 aliphatic heterocycles. The highest BCUT2D eigenvalue weighted by molar-refractivity contribution is 5.29. The molecule has 0 aliphatic rings. The molecule has 1 aromatic rings. The number of rotatable bonds is 5. The van der Waals surface area contributed by atoms with Gasteiger partial charge in [0.05, 0.1) is 12.7 Å². The van der Waals surface area contributed by atoms with Crippen molar-refractivity contribution >= 4 is 0 Å². The van der Waals surface area contributed by atoms with E-state index in [2.05, 4.69) is 27.7 Å². The normalized spacial score (nSPS) is 15.2. The Labute approximate surface area is 111 Å². The van der Waals surface area contributed by atoms with Crippen LogP contribution in [0.4, 0.5) is 0 Å². The zero-order valence-electron chi connectivity index (χ0n) is 12.2. The maximum atomic E-state index is 10.3. The van der Waals surface area contributed by atoms with E-state index in [1.807, 2.05) is 31.2 Å². The Balaban J connectivity index is 2.72. The van der Waals surface area contributed by atoms with Crippen molar-refractivity contribution in [3.63, 3.8) is 0 Å². The first-order valence-electron chi connectivity index (χ1n) is 6.75. The molecule has 0 heterocycles. The smallest absolute Gasteiger partial charge is 0.119 e. The van der Waals surface area contributed by atoms with Crippen LogP contribution in [-0.4, -0.2) is 11.7 Å². The van der Waals surface area contributed by atoms with Gasteiger partial charge >= 0.3 is 0 Å². The van der Waals surface area contributed by atoms with Gasteiger partial charge in [0.2, 0.25) is 0 Å². The number of hydrogen-bond acceptors (Lipinski definition) is 2. The summed E-state index contributed by atoms with van der Waals surface area (Å²) in [7, 11) is 0. The third kappa shape index (κ3) is 4.34. The van der Waals surface area contributed by atoms with Crippen LogP contribution in [0.3, 0.4) is 0 Å². The Bertz CT molecular complexity index is 366. The number of aliphatic hydroxyl groups is 1. The average molecular weight is 250 g/mol. The van der Waals surface area contributed by atoms with E-state index in [0.717, 1.165) is 17.7 Å². The SMILES string of the molecule is CCOc1cccc(C(O)CC(C)C(C)(C)C)c1. The molecule has 0 spiro atoms. The van der Waals surface area contributed by atoms with Crippen LogP contribution in [0.2, 0.25) is 0 Å². The molecule has 0 saturated carbocycles. The van der Waals surface area contributed by atoms with E-state index in [9.17, 15) is 5.11 Å². The zero-order chi connectivity index (χ0) is 13.8. The number of ether oxygens (including phenoxy) is 1. The fourth-order valence-electron chi connectivity index (χ4n) is 1.80. The van der Waals surface area contributed by atoms with Gasteiger partial charge in [0.1, 0.15) is 5.75 Å². The molecule has 0 aliphatic carbocycles. The summed E-state index contributed by atoms with van der Waals surface area (Å²) in [5.74, 6) is 1.29. The van der Waals surface area contributed by atoms with Crippen molar-refractivity contribution in [1.29, 1.82) is 0 Å². The van der Waals surface area contributed by atoms with E-state index in [-0.39, 0.29) is 5.41 Å². The standard InChI is InChI=1S/C16H26O2/c1-6-18-14-9-7-8-13(11-14)15(17)10-12(2)16(3,4)5/h7-9,11-12,15,17H,6,10H2,1-5H3. The fourth-order valence-corrected chi connectivity index (χ4v) is 1.80. The maximum absolute atomic E-state index is 10.3. The lowest BCUT2D eigenvalue weighted by Crippen LogP contribution is -2.19. The maximum Gasteiger partial charge on any atom is 0.119 e. The van der Waals surface area contributed by atoms with Crippen molar-refractivity contribution < 1.29 is 9.84 Å². The van der Waals surface area contributed by atoms with Crippen LogP contribution < -0.4 is 4.74 Å². The van der Waals surface area contributed by atoms with E-state index < -0.39 is 6.10 Å².